The van der Waals surface area contributed by atoms with Crippen molar-refractivity contribution in [2.75, 3.05) is 52.7 Å². The molecule has 1 saturated heterocycles. The maximum atomic E-state index is 12.9. The lowest BCUT2D eigenvalue weighted by molar-refractivity contribution is -0.159. The van der Waals surface area contributed by atoms with Gasteiger partial charge in [0.15, 0.2) is 5.16 Å². The summed E-state index contributed by atoms with van der Waals surface area (Å²) in [5.41, 5.74) is 1.70. The van der Waals surface area contributed by atoms with E-state index < -0.39 is 22.0 Å². The first-order valence-corrected chi connectivity index (χ1v) is 12.3. The van der Waals surface area contributed by atoms with E-state index in [1.807, 2.05) is 20.2 Å². The number of thioether (sulfide) groups is 1. The second kappa shape index (κ2) is 11.6. The molecule has 178 valence electrons. The summed E-state index contributed by atoms with van der Waals surface area (Å²) < 4.78 is 34.6. The van der Waals surface area contributed by atoms with E-state index in [2.05, 4.69) is 16.4 Å². The van der Waals surface area contributed by atoms with Crippen molar-refractivity contribution in [1.82, 2.24) is 18.8 Å². The third-order valence-corrected chi connectivity index (χ3v) is 7.41. The Morgan fingerprint density at radius 3 is 2.34 bits per heavy atom. The fourth-order valence-corrected chi connectivity index (χ4v) is 5.53. The van der Waals surface area contributed by atoms with Crippen LogP contribution in [-0.4, -0.2) is 102 Å². The molecule has 2 aromatic rings. The fourth-order valence-electron chi connectivity index (χ4n) is 2.92. The summed E-state index contributed by atoms with van der Waals surface area (Å²) in [7, 11) is 0.594. The van der Waals surface area contributed by atoms with Gasteiger partial charge in [0.05, 0.1) is 29.1 Å². The monoisotopic (exact) mass is 488 g/mol. The molecule has 1 aliphatic rings. The van der Waals surface area contributed by atoms with Gasteiger partial charge in [-0.15, -0.1) is 0 Å². The number of fused-ring (bicyclic) bond motifs is 1. The van der Waals surface area contributed by atoms with Gasteiger partial charge in [-0.1, -0.05) is 11.8 Å². The number of benzene rings is 1. The molecule has 0 radical (unpaired) electrons. The molecular formula is C19H28N4O7S2. The summed E-state index contributed by atoms with van der Waals surface area (Å²) in [5.74, 6) is -2.71. The molecule has 0 atom stereocenters. The van der Waals surface area contributed by atoms with Crippen LogP contribution in [0.15, 0.2) is 28.3 Å². The zero-order chi connectivity index (χ0) is 23.9. The average Bonchev–Trinajstić information content (AvgIpc) is 3.11. The summed E-state index contributed by atoms with van der Waals surface area (Å²) in [4.78, 5) is 25.3. The summed E-state index contributed by atoms with van der Waals surface area (Å²) in [6.07, 6.45) is 0. The number of nitrogens with zero attached hydrogens (tertiary/aromatic N) is 4. The van der Waals surface area contributed by atoms with Gasteiger partial charge in [0.1, 0.15) is 0 Å². The highest BCUT2D eigenvalue weighted by Crippen LogP contribution is 2.27. The van der Waals surface area contributed by atoms with E-state index in [1.54, 1.807) is 23.9 Å². The molecule has 0 saturated carbocycles. The highest BCUT2D eigenvalue weighted by Gasteiger charge is 2.27. The van der Waals surface area contributed by atoms with E-state index >= 15 is 0 Å². The van der Waals surface area contributed by atoms with Crippen molar-refractivity contribution in [3.05, 3.63) is 18.2 Å². The smallest absolute Gasteiger partial charge is 0.414 e. The quantitative estimate of drug-likeness (QED) is 0.426. The number of ether oxygens (including phenoxy) is 1. The number of sulfonamides is 1. The van der Waals surface area contributed by atoms with Crippen LogP contribution in [0.5, 0.6) is 0 Å². The molecule has 13 heteroatoms. The van der Waals surface area contributed by atoms with E-state index in [-0.39, 0.29) is 0 Å². The fraction of sp³-hybridized carbons (Fsp3) is 0.526. The van der Waals surface area contributed by atoms with Crippen molar-refractivity contribution in [1.29, 1.82) is 0 Å². The Hall–Kier alpha value is -2.19. The largest absolute Gasteiger partial charge is 0.473 e. The Balaban J connectivity index is 0.000000534. The number of carboxylic acids is 2. The Kier molecular flexibility index (Phi) is 9.46. The number of aryl methyl sites for hydroxylation is 1. The molecule has 1 aliphatic heterocycles. The normalized spacial score (nSPS) is 14.9. The topological polar surface area (TPSA) is 142 Å². The lowest BCUT2D eigenvalue weighted by atomic mass is 10.3. The van der Waals surface area contributed by atoms with Crippen LogP contribution >= 0.6 is 11.8 Å². The van der Waals surface area contributed by atoms with Crippen LogP contribution in [0.2, 0.25) is 0 Å². The van der Waals surface area contributed by atoms with E-state index in [0.29, 0.717) is 31.2 Å². The highest BCUT2D eigenvalue weighted by molar-refractivity contribution is 7.99. The molecule has 3 rings (SSSR count). The molecule has 0 amide bonds. The minimum Gasteiger partial charge on any atom is -0.473 e. The first-order chi connectivity index (χ1) is 15.1. The van der Waals surface area contributed by atoms with Crippen molar-refractivity contribution in [2.24, 2.45) is 0 Å². The van der Waals surface area contributed by atoms with Gasteiger partial charge < -0.3 is 24.4 Å². The summed E-state index contributed by atoms with van der Waals surface area (Å²) in [5, 5.41) is 15.7. The zero-order valence-electron chi connectivity index (χ0n) is 18.2. The molecule has 1 fully saturated rings. The van der Waals surface area contributed by atoms with Gasteiger partial charge >= 0.3 is 11.9 Å². The number of aromatic nitrogens is 2. The second-order valence-corrected chi connectivity index (χ2v) is 10.1. The summed E-state index contributed by atoms with van der Waals surface area (Å²) in [6, 6.07) is 5.26. The standard InChI is InChI=1S/C17H26N4O3S2.C2H2O4/c1-4-21-16-6-5-14(26(22,23)20-7-10-24-11-8-20)13-15(16)18-17(21)25-12-9-19(2)3;3-1(4)2(5)6/h5-6,13H,4,7-12H2,1-3H3;(H,3,4)(H,5,6). The van der Waals surface area contributed by atoms with Gasteiger partial charge in [-0.2, -0.15) is 4.31 Å². The number of carboxylic acid groups (broad SMARTS) is 2. The van der Waals surface area contributed by atoms with Crippen LogP contribution in [0.25, 0.3) is 11.0 Å². The Labute approximate surface area is 191 Å². The average molecular weight is 489 g/mol. The number of morpholine rings is 1. The van der Waals surface area contributed by atoms with Crippen LogP contribution in [0.1, 0.15) is 6.92 Å². The van der Waals surface area contributed by atoms with E-state index in [4.69, 9.17) is 29.5 Å². The molecule has 0 spiro atoms. The number of imidazole rings is 1. The van der Waals surface area contributed by atoms with Crippen molar-refractivity contribution in [2.45, 2.75) is 23.5 Å². The molecule has 1 aromatic heterocycles. The number of hydrogen-bond acceptors (Lipinski definition) is 8. The molecule has 1 aromatic carbocycles. The van der Waals surface area contributed by atoms with Gasteiger partial charge in [0.25, 0.3) is 0 Å². The SMILES string of the molecule is CCn1c(SCCN(C)C)nc2cc(S(=O)(=O)N3CCOCC3)ccc21.O=C(O)C(=O)O. The van der Waals surface area contributed by atoms with Gasteiger partial charge in [-0.05, 0) is 39.2 Å². The molecule has 0 aliphatic carbocycles. The minimum absolute atomic E-state index is 0.303. The van der Waals surface area contributed by atoms with Crippen LogP contribution < -0.4 is 0 Å². The predicted molar refractivity (Wildman–Crippen MR) is 120 cm³/mol. The Morgan fingerprint density at radius 1 is 1.19 bits per heavy atom. The highest BCUT2D eigenvalue weighted by atomic mass is 32.2. The van der Waals surface area contributed by atoms with Gasteiger partial charge in [-0.25, -0.2) is 23.0 Å². The molecule has 11 nitrogen and oxygen atoms in total. The molecule has 2 N–H and O–H groups in total. The van der Waals surface area contributed by atoms with Crippen molar-refractivity contribution < 1.29 is 33.0 Å². The molecule has 0 unspecified atom stereocenters. The third-order valence-electron chi connectivity index (χ3n) is 4.56. The molecule has 0 bridgehead atoms. The van der Waals surface area contributed by atoms with E-state index in [1.165, 1.54) is 4.31 Å². The minimum atomic E-state index is -3.50. The first-order valence-electron chi connectivity index (χ1n) is 9.89. The van der Waals surface area contributed by atoms with E-state index in [9.17, 15) is 8.42 Å². The Bertz CT molecular complexity index is 1040. The number of rotatable bonds is 7. The van der Waals surface area contributed by atoms with Gasteiger partial charge in [-0.3, -0.25) is 0 Å². The molecular weight excluding hydrogens is 460 g/mol. The van der Waals surface area contributed by atoms with Crippen LogP contribution in [0.4, 0.5) is 0 Å². The van der Waals surface area contributed by atoms with Crippen LogP contribution in [-0.2, 0) is 30.9 Å². The molecule has 2 heterocycles. The first kappa shape index (κ1) is 26.1. The number of hydrogen-bond donors (Lipinski definition) is 2. The summed E-state index contributed by atoms with van der Waals surface area (Å²) in [6.45, 7) is 5.53. The second-order valence-electron chi connectivity index (χ2n) is 7.07. The van der Waals surface area contributed by atoms with Crippen molar-refractivity contribution in [3.63, 3.8) is 0 Å². The van der Waals surface area contributed by atoms with Crippen molar-refractivity contribution >= 4 is 44.8 Å². The molecule has 32 heavy (non-hydrogen) atoms. The van der Waals surface area contributed by atoms with E-state index in [0.717, 1.165) is 35.0 Å². The van der Waals surface area contributed by atoms with Crippen LogP contribution in [0.3, 0.4) is 0 Å². The number of aliphatic carboxylic acids is 2. The summed E-state index contributed by atoms with van der Waals surface area (Å²) >= 11 is 1.70. The zero-order valence-corrected chi connectivity index (χ0v) is 19.9. The maximum Gasteiger partial charge on any atom is 0.414 e. The maximum absolute atomic E-state index is 12.9. The lowest BCUT2D eigenvalue weighted by Gasteiger charge is -2.26. The predicted octanol–water partition coefficient (Wildman–Crippen LogP) is 0.886. The number of carbonyl (C=O) groups is 2. The van der Waals surface area contributed by atoms with Crippen LogP contribution in [0, 0.1) is 0 Å². The Morgan fingerprint density at radius 2 is 1.81 bits per heavy atom. The third kappa shape index (κ3) is 6.65. The van der Waals surface area contributed by atoms with Crippen molar-refractivity contribution in [3.8, 4) is 0 Å². The lowest BCUT2D eigenvalue weighted by Crippen LogP contribution is -2.40. The van der Waals surface area contributed by atoms with Gasteiger partial charge in [0.2, 0.25) is 10.0 Å². The van der Waals surface area contributed by atoms with Gasteiger partial charge in [0, 0.05) is 31.9 Å².